The van der Waals surface area contributed by atoms with Crippen LogP contribution in [0.5, 0.6) is 5.75 Å². The van der Waals surface area contributed by atoms with Crippen molar-refractivity contribution in [2.24, 2.45) is 0 Å². The van der Waals surface area contributed by atoms with Gasteiger partial charge in [0.05, 0.1) is 28.3 Å². The highest BCUT2D eigenvalue weighted by atomic mass is 35.5. The SMILES string of the molecule is COc1ccc(Cl)c2sc(NC(=O)CCS(=O)(=O)Cc3ccccc3)nc12. The van der Waals surface area contributed by atoms with Gasteiger partial charge in [-0.3, -0.25) is 4.79 Å². The number of fused-ring (bicyclic) bond motifs is 1. The average Bonchev–Trinajstić information content (AvgIpc) is 3.05. The molecule has 0 aliphatic carbocycles. The van der Waals surface area contributed by atoms with Crippen molar-refractivity contribution in [2.45, 2.75) is 12.2 Å². The van der Waals surface area contributed by atoms with E-state index in [0.717, 1.165) is 0 Å². The summed E-state index contributed by atoms with van der Waals surface area (Å²) in [6.45, 7) is 0. The number of benzene rings is 2. The Morgan fingerprint density at radius 3 is 2.67 bits per heavy atom. The molecule has 6 nitrogen and oxygen atoms in total. The zero-order valence-corrected chi connectivity index (χ0v) is 16.8. The molecule has 0 bridgehead atoms. The molecule has 1 amide bonds. The van der Waals surface area contributed by atoms with Gasteiger partial charge in [-0.1, -0.05) is 53.3 Å². The molecular formula is C18H17ClN2O4S2. The van der Waals surface area contributed by atoms with Gasteiger partial charge < -0.3 is 10.1 Å². The molecule has 27 heavy (non-hydrogen) atoms. The van der Waals surface area contributed by atoms with E-state index in [0.29, 0.717) is 31.7 Å². The van der Waals surface area contributed by atoms with E-state index in [2.05, 4.69) is 10.3 Å². The highest BCUT2D eigenvalue weighted by Crippen LogP contribution is 2.37. The number of amides is 1. The van der Waals surface area contributed by atoms with Crippen LogP contribution in [-0.4, -0.2) is 32.2 Å². The van der Waals surface area contributed by atoms with E-state index in [1.807, 2.05) is 6.07 Å². The molecule has 0 unspecified atom stereocenters. The smallest absolute Gasteiger partial charge is 0.227 e. The molecule has 0 fully saturated rings. The predicted molar refractivity (Wildman–Crippen MR) is 108 cm³/mol. The summed E-state index contributed by atoms with van der Waals surface area (Å²) in [7, 11) is -1.86. The fraction of sp³-hybridized carbons (Fsp3) is 0.222. The number of carbonyl (C=O) groups is 1. The lowest BCUT2D eigenvalue weighted by Gasteiger charge is -2.04. The lowest BCUT2D eigenvalue weighted by Crippen LogP contribution is -2.18. The second-order valence-electron chi connectivity index (χ2n) is 5.82. The van der Waals surface area contributed by atoms with Gasteiger partial charge in [0.25, 0.3) is 0 Å². The van der Waals surface area contributed by atoms with E-state index in [4.69, 9.17) is 16.3 Å². The predicted octanol–water partition coefficient (Wildman–Crippen LogP) is 3.90. The highest BCUT2D eigenvalue weighted by molar-refractivity contribution is 7.90. The largest absolute Gasteiger partial charge is 0.494 e. The highest BCUT2D eigenvalue weighted by Gasteiger charge is 2.17. The Labute approximate surface area is 166 Å². The average molecular weight is 425 g/mol. The lowest BCUT2D eigenvalue weighted by atomic mass is 10.2. The third-order valence-corrected chi connectivity index (χ3v) is 6.82. The Kier molecular flexibility index (Phi) is 5.98. The van der Waals surface area contributed by atoms with Crippen LogP contribution in [-0.2, 0) is 20.4 Å². The van der Waals surface area contributed by atoms with E-state index in [-0.39, 0.29) is 17.9 Å². The third-order valence-electron chi connectivity index (χ3n) is 3.79. The summed E-state index contributed by atoms with van der Waals surface area (Å²) in [5.41, 5.74) is 1.26. The van der Waals surface area contributed by atoms with Crippen molar-refractivity contribution in [1.82, 2.24) is 4.98 Å². The van der Waals surface area contributed by atoms with Crippen LogP contribution in [0, 0.1) is 0 Å². The minimum absolute atomic E-state index is 0.0882. The molecule has 0 atom stereocenters. The molecular weight excluding hydrogens is 408 g/mol. The van der Waals surface area contributed by atoms with Crippen LogP contribution in [0.3, 0.4) is 0 Å². The minimum Gasteiger partial charge on any atom is -0.494 e. The van der Waals surface area contributed by atoms with E-state index < -0.39 is 15.7 Å². The molecule has 0 aliphatic rings. The standard InChI is InChI=1S/C18H17ClN2O4S2/c1-25-14-8-7-13(19)17-16(14)21-18(26-17)20-15(22)9-10-27(23,24)11-12-5-3-2-4-6-12/h2-8H,9-11H2,1H3,(H,20,21,22). The van der Waals surface area contributed by atoms with Crippen molar-refractivity contribution in [3.63, 3.8) is 0 Å². The number of sulfone groups is 1. The molecule has 142 valence electrons. The van der Waals surface area contributed by atoms with E-state index in [9.17, 15) is 13.2 Å². The van der Waals surface area contributed by atoms with Crippen molar-refractivity contribution < 1.29 is 17.9 Å². The molecule has 9 heteroatoms. The maximum atomic E-state index is 12.2. The number of rotatable bonds is 7. The van der Waals surface area contributed by atoms with Crippen molar-refractivity contribution in [1.29, 1.82) is 0 Å². The Morgan fingerprint density at radius 1 is 1.22 bits per heavy atom. The molecule has 0 aliphatic heterocycles. The number of aromatic nitrogens is 1. The summed E-state index contributed by atoms with van der Waals surface area (Å²) in [5, 5.41) is 3.49. The van der Waals surface area contributed by atoms with Gasteiger partial charge in [0.1, 0.15) is 11.3 Å². The fourth-order valence-electron chi connectivity index (χ4n) is 2.50. The van der Waals surface area contributed by atoms with Crippen LogP contribution in [0.1, 0.15) is 12.0 Å². The van der Waals surface area contributed by atoms with Crippen molar-refractivity contribution in [3.05, 3.63) is 53.1 Å². The maximum Gasteiger partial charge on any atom is 0.227 e. The zero-order chi connectivity index (χ0) is 19.4. The number of nitrogens with zero attached hydrogens (tertiary/aromatic N) is 1. The van der Waals surface area contributed by atoms with Crippen molar-refractivity contribution in [3.8, 4) is 5.75 Å². The molecule has 0 spiro atoms. The first-order chi connectivity index (χ1) is 12.9. The number of ether oxygens (including phenoxy) is 1. The first-order valence-electron chi connectivity index (χ1n) is 8.05. The molecule has 1 aromatic heterocycles. The van der Waals surface area contributed by atoms with Crippen LogP contribution < -0.4 is 10.1 Å². The van der Waals surface area contributed by atoms with Crippen molar-refractivity contribution >= 4 is 54.0 Å². The van der Waals surface area contributed by atoms with Crippen LogP contribution in [0.4, 0.5) is 5.13 Å². The van der Waals surface area contributed by atoms with Crippen LogP contribution in [0.15, 0.2) is 42.5 Å². The van der Waals surface area contributed by atoms with Crippen LogP contribution in [0.2, 0.25) is 5.02 Å². The normalized spacial score (nSPS) is 11.5. The van der Waals surface area contributed by atoms with Gasteiger partial charge in [-0.2, -0.15) is 0 Å². The maximum absolute atomic E-state index is 12.2. The number of methoxy groups -OCH3 is 1. The second kappa shape index (κ2) is 8.24. The summed E-state index contributed by atoms with van der Waals surface area (Å²) in [5.74, 6) is -0.185. The number of anilines is 1. The molecule has 0 saturated heterocycles. The van der Waals surface area contributed by atoms with E-state index >= 15 is 0 Å². The Morgan fingerprint density at radius 2 is 1.96 bits per heavy atom. The summed E-state index contributed by atoms with van der Waals surface area (Å²) in [4.78, 5) is 16.5. The summed E-state index contributed by atoms with van der Waals surface area (Å²) >= 11 is 7.37. The van der Waals surface area contributed by atoms with Crippen LogP contribution in [0.25, 0.3) is 10.2 Å². The number of thiazole rings is 1. The first-order valence-corrected chi connectivity index (χ1v) is 11.1. The number of hydrogen-bond acceptors (Lipinski definition) is 6. The molecule has 0 radical (unpaired) electrons. The monoisotopic (exact) mass is 424 g/mol. The zero-order valence-electron chi connectivity index (χ0n) is 14.4. The van der Waals surface area contributed by atoms with E-state index in [1.54, 1.807) is 36.4 Å². The molecule has 2 aromatic carbocycles. The number of nitrogens with one attached hydrogen (secondary N) is 1. The molecule has 3 rings (SSSR count). The Balaban J connectivity index is 1.64. The first kappa shape index (κ1) is 19.6. The fourth-order valence-corrected chi connectivity index (χ4v) is 5.01. The van der Waals surface area contributed by atoms with Gasteiger partial charge in [0, 0.05) is 6.42 Å². The summed E-state index contributed by atoms with van der Waals surface area (Å²) in [6.07, 6.45) is -0.143. The van der Waals surface area contributed by atoms with Gasteiger partial charge >= 0.3 is 0 Å². The van der Waals surface area contributed by atoms with Crippen molar-refractivity contribution in [2.75, 3.05) is 18.2 Å². The lowest BCUT2D eigenvalue weighted by molar-refractivity contribution is -0.115. The van der Waals surface area contributed by atoms with Gasteiger partial charge in [-0.05, 0) is 17.7 Å². The molecule has 0 saturated carbocycles. The van der Waals surface area contributed by atoms with Gasteiger partial charge in [0.2, 0.25) is 5.91 Å². The number of halogens is 1. The number of carbonyl (C=O) groups excluding carboxylic acids is 1. The number of hydrogen-bond donors (Lipinski definition) is 1. The van der Waals surface area contributed by atoms with Gasteiger partial charge in [-0.25, -0.2) is 13.4 Å². The summed E-state index contributed by atoms with van der Waals surface area (Å²) < 4.78 is 30.3. The summed E-state index contributed by atoms with van der Waals surface area (Å²) in [6, 6.07) is 12.3. The van der Waals surface area contributed by atoms with Gasteiger partial charge in [0.15, 0.2) is 15.0 Å². The molecule has 1 N–H and O–H groups in total. The molecule has 3 aromatic rings. The van der Waals surface area contributed by atoms with Gasteiger partial charge in [-0.15, -0.1) is 0 Å². The topological polar surface area (TPSA) is 85.4 Å². The third kappa shape index (κ3) is 4.97. The van der Waals surface area contributed by atoms with E-state index in [1.165, 1.54) is 18.4 Å². The quantitative estimate of drug-likeness (QED) is 0.621. The second-order valence-corrected chi connectivity index (χ2v) is 9.41. The minimum atomic E-state index is -3.38. The Hall–Kier alpha value is -2.16. The Bertz CT molecular complexity index is 1070. The van der Waals surface area contributed by atoms with Crippen LogP contribution >= 0.6 is 22.9 Å². The molecule has 1 heterocycles.